The van der Waals surface area contributed by atoms with Crippen LogP contribution in [0, 0.1) is 0 Å². The molecule has 2 rings (SSSR count). The van der Waals surface area contributed by atoms with Gasteiger partial charge in [-0.3, -0.25) is 4.79 Å². The van der Waals surface area contributed by atoms with Gasteiger partial charge in [0.1, 0.15) is 37.1 Å². The highest BCUT2D eigenvalue weighted by Gasteiger charge is 2.36. The molecule has 0 heterocycles. The lowest BCUT2D eigenvalue weighted by molar-refractivity contribution is -0.159. The van der Waals surface area contributed by atoms with Crippen molar-refractivity contribution in [2.45, 2.75) is 30.5 Å². The number of ether oxygens (including phenoxy) is 1. The number of aromatic hydroxyl groups is 4. The monoisotopic (exact) mass is 506 g/mol. The Balaban J connectivity index is 1.88. The zero-order valence-corrected chi connectivity index (χ0v) is 18.6. The fraction of sp³-hybridized carbons (Fsp3) is 0.250. The molecule has 2 aromatic rings. The molecular weight excluding hydrogens is 480 g/mol. The molecular formula is C24H26O12. The van der Waals surface area contributed by atoms with Gasteiger partial charge in [0.15, 0.2) is 28.8 Å². The Kier molecular flexibility index (Phi) is 9.96. The van der Waals surface area contributed by atoms with Crippen LogP contribution in [-0.4, -0.2) is 94.8 Å². The van der Waals surface area contributed by atoms with E-state index < -0.39 is 60.4 Å². The van der Waals surface area contributed by atoms with E-state index in [9.17, 15) is 55.5 Å². The van der Waals surface area contributed by atoms with E-state index in [0.717, 1.165) is 30.4 Å². The molecule has 0 fully saturated rings. The van der Waals surface area contributed by atoms with Crippen LogP contribution >= 0.6 is 0 Å². The first-order chi connectivity index (χ1) is 16.9. The van der Waals surface area contributed by atoms with Crippen molar-refractivity contribution < 1.29 is 60.3 Å². The lowest BCUT2D eigenvalue weighted by Crippen LogP contribution is -2.51. The number of rotatable bonds is 11. The Hall–Kier alpha value is -3.94. The van der Waals surface area contributed by atoms with E-state index in [1.165, 1.54) is 30.3 Å². The number of benzene rings is 2. The molecule has 0 aromatic heterocycles. The summed E-state index contributed by atoms with van der Waals surface area (Å²) >= 11 is 0. The van der Waals surface area contributed by atoms with Crippen LogP contribution in [-0.2, 0) is 14.3 Å². The van der Waals surface area contributed by atoms with Gasteiger partial charge in [0.2, 0.25) is 0 Å². The fourth-order valence-corrected chi connectivity index (χ4v) is 2.83. The van der Waals surface area contributed by atoms with Crippen molar-refractivity contribution in [1.82, 2.24) is 0 Å². The third kappa shape index (κ3) is 7.80. The zero-order chi connectivity index (χ0) is 27.0. The van der Waals surface area contributed by atoms with E-state index in [4.69, 9.17) is 4.74 Å². The number of phenolic OH excluding ortho intramolecular Hbond substituents is 4. The van der Waals surface area contributed by atoms with Crippen LogP contribution < -0.4 is 0 Å². The summed E-state index contributed by atoms with van der Waals surface area (Å²) < 4.78 is 4.72. The molecule has 0 aliphatic rings. The highest BCUT2D eigenvalue weighted by Crippen LogP contribution is 2.26. The number of aliphatic hydroxyl groups excluding tert-OH is 5. The molecule has 194 valence electrons. The smallest absolute Gasteiger partial charge is 0.330 e. The fourth-order valence-electron chi connectivity index (χ4n) is 2.83. The van der Waals surface area contributed by atoms with Gasteiger partial charge < -0.3 is 50.7 Å². The summed E-state index contributed by atoms with van der Waals surface area (Å²) in [6.45, 7) is -0.816. The van der Waals surface area contributed by atoms with Gasteiger partial charge in [-0.1, -0.05) is 18.2 Å². The minimum absolute atomic E-state index is 0.273. The number of carbonyl (C=O) groups excluding carboxylic acids is 2. The number of hydrogen-bond donors (Lipinski definition) is 9. The van der Waals surface area contributed by atoms with Crippen molar-refractivity contribution >= 4 is 23.9 Å². The van der Waals surface area contributed by atoms with Crippen LogP contribution in [0.5, 0.6) is 23.0 Å². The molecule has 9 N–H and O–H groups in total. The molecule has 1 unspecified atom stereocenters. The predicted octanol–water partition coefficient (Wildman–Crippen LogP) is -0.848. The van der Waals surface area contributed by atoms with Crippen molar-refractivity contribution in [3.05, 3.63) is 59.7 Å². The number of hydrogen-bond acceptors (Lipinski definition) is 12. The van der Waals surface area contributed by atoms with E-state index in [1.54, 1.807) is 0 Å². The van der Waals surface area contributed by atoms with Crippen molar-refractivity contribution in [1.29, 1.82) is 0 Å². The molecule has 0 aliphatic heterocycles. The molecule has 5 atom stereocenters. The van der Waals surface area contributed by atoms with Crippen molar-refractivity contribution in [3.63, 3.8) is 0 Å². The third-order valence-corrected chi connectivity index (χ3v) is 4.96. The minimum Gasteiger partial charge on any atom is -0.504 e. The molecule has 0 bridgehead atoms. The van der Waals surface area contributed by atoms with Crippen molar-refractivity contribution in [2.24, 2.45) is 0 Å². The second kappa shape index (κ2) is 12.7. The average Bonchev–Trinajstić information content (AvgIpc) is 2.86. The Morgan fingerprint density at radius 3 is 1.69 bits per heavy atom. The normalized spacial score (nSPS) is 15.9. The SMILES string of the molecule is O=C(/C=C/c1ccc(O)c(O)c1)OC[C@@H](O)[C@@H](O)[C@H](O)[C@@H](O)C(O)C(=O)/C=C/c1ccc(O)c(O)c1. The summed E-state index contributed by atoms with van der Waals surface area (Å²) in [5.41, 5.74) is 0.616. The number of phenols is 4. The van der Waals surface area contributed by atoms with E-state index in [1.807, 2.05) is 0 Å². The van der Waals surface area contributed by atoms with Gasteiger partial charge in [-0.2, -0.15) is 0 Å². The Morgan fingerprint density at radius 2 is 1.19 bits per heavy atom. The van der Waals surface area contributed by atoms with Gasteiger partial charge in [0.05, 0.1) is 0 Å². The molecule has 12 heteroatoms. The molecule has 0 saturated heterocycles. The van der Waals surface area contributed by atoms with E-state index in [-0.39, 0.29) is 17.1 Å². The minimum atomic E-state index is -2.22. The van der Waals surface area contributed by atoms with Crippen molar-refractivity contribution in [3.8, 4) is 23.0 Å². The third-order valence-electron chi connectivity index (χ3n) is 4.96. The molecule has 0 radical (unpaired) electrons. The van der Waals surface area contributed by atoms with E-state index in [0.29, 0.717) is 5.56 Å². The van der Waals surface area contributed by atoms with E-state index in [2.05, 4.69) is 0 Å². The lowest BCUT2D eigenvalue weighted by atomic mass is 9.97. The van der Waals surface area contributed by atoms with Crippen LogP contribution in [0.1, 0.15) is 11.1 Å². The summed E-state index contributed by atoms with van der Waals surface area (Å²) in [5.74, 6) is -3.64. The standard InChI is InChI=1S/C24H26O12/c25-14-5-1-12(9-17(14)28)3-7-16(27)21(32)23(34)24(35)22(33)19(30)11-36-20(31)8-4-13-2-6-15(26)18(29)10-13/h1-10,19,21-26,28-30,32-35H,11H2/b7-3+,8-4+/t19-,21?,22-,23+,24+/m1/s1. The highest BCUT2D eigenvalue weighted by molar-refractivity contribution is 5.97. The number of esters is 1. The quantitative estimate of drug-likeness (QED) is 0.103. The number of aliphatic hydroxyl groups is 5. The lowest BCUT2D eigenvalue weighted by Gasteiger charge is -2.28. The Labute approximate surface area is 204 Å². The van der Waals surface area contributed by atoms with Crippen molar-refractivity contribution in [2.75, 3.05) is 6.61 Å². The second-order valence-electron chi connectivity index (χ2n) is 7.68. The molecule has 12 nitrogen and oxygen atoms in total. The van der Waals surface area contributed by atoms with Gasteiger partial charge in [-0.05, 0) is 47.5 Å². The topological polar surface area (TPSA) is 225 Å². The average molecular weight is 506 g/mol. The summed E-state index contributed by atoms with van der Waals surface area (Å²) in [4.78, 5) is 23.9. The molecule has 0 saturated carbocycles. The zero-order valence-electron chi connectivity index (χ0n) is 18.6. The maximum atomic E-state index is 12.1. The largest absolute Gasteiger partial charge is 0.504 e. The van der Waals surface area contributed by atoms with Gasteiger partial charge in [0, 0.05) is 6.08 Å². The molecule has 0 aliphatic carbocycles. The molecule has 0 amide bonds. The predicted molar refractivity (Wildman–Crippen MR) is 124 cm³/mol. The number of ketones is 1. The number of carbonyl (C=O) groups is 2. The summed E-state index contributed by atoms with van der Waals surface area (Å²) in [7, 11) is 0. The first kappa shape index (κ1) is 28.3. The van der Waals surface area contributed by atoms with Gasteiger partial charge in [-0.15, -0.1) is 0 Å². The Morgan fingerprint density at radius 1 is 0.694 bits per heavy atom. The van der Waals surface area contributed by atoms with Gasteiger partial charge >= 0.3 is 5.97 Å². The van der Waals surface area contributed by atoms with Crippen LogP contribution in [0.25, 0.3) is 12.2 Å². The van der Waals surface area contributed by atoms with Gasteiger partial charge in [-0.25, -0.2) is 4.79 Å². The maximum absolute atomic E-state index is 12.1. The van der Waals surface area contributed by atoms with Gasteiger partial charge in [0.25, 0.3) is 0 Å². The summed E-state index contributed by atoms with van der Waals surface area (Å²) in [5, 5.41) is 87.4. The maximum Gasteiger partial charge on any atom is 0.330 e. The van der Waals surface area contributed by atoms with Crippen LogP contribution in [0.15, 0.2) is 48.6 Å². The molecule has 36 heavy (non-hydrogen) atoms. The first-order valence-corrected chi connectivity index (χ1v) is 10.4. The van der Waals surface area contributed by atoms with Crippen LogP contribution in [0.2, 0.25) is 0 Å². The van der Waals surface area contributed by atoms with E-state index >= 15 is 0 Å². The Bertz CT molecular complexity index is 1130. The second-order valence-corrected chi connectivity index (χ2v) is 7.68. The summed E-state index contributed by atoms with van der Waals surface area (Å²) in [6.07, 6.45) is -6.50. The molecule has 0 spiro atoms. The van der Waals surface area contributed by atoms with Crippen LogP contribution in [0.4, 0.5) is 0 Å². The summed E-state index contributed by atoms with van der Waals surface area (Å²) in [6, 6.07) is 7.40. The highest BCUT2D eigenvalue weighted by atomic mass is 16.5. The molecule has 2 aromatic carbocycles. The first-order valence-electron chi connectivity index (χ1n) is 10.4. The van der Waals surface area contributed by atoms with Crippen LogP contribution in [0.3, 0.4) is 0 Å².